The molecule has 2 amide bonds. The highest BCUT2D eigenvalue weighted by Crippen LogP contribution is 2.40. The molecule has 0 saturated carbocycles. The summed E-state index contributed by atoms with van der Waals surface area (Å²) in [6.07, 6.45) is 0.147. The first-order valence-corrected chi connectivity index (χ1v) is 12.8. The second kappa shape index (κ2) is 11.4. The number of ether oxygens (including phenoxy) is 3. The molecule has 4 rings (SSSR count). The number of β-lactam (4-membered cyclic amide) rings is 1. The average molecular weight is 531 g/mol. The van der Waals surface area contributed by atoms with Gasteiger partial charge in [-0.1, -0.05) is 24.3 Å². The number of fused-ring (bicyclic) bond motifs is 1. The van der Waals surface area contributed by atoms with E-state index in [-0.39, 0.29) is 35.9 Å². The van der Waals surface area contributed by atoms with E-state index in [0.29, 0.717) is 5.57 Å². The van der Waals surface area contributed by atoms with Crippen LogP contribution in [0.4, 0.5) is 0 Å². The lowest BCUT2D eigenvalue weighted by atomic mass is 10.0. The zero-order valence-corrected chi connectivity index (χ0v) is 20.8. The fraction of sp³-hybridized carbons (Fsp3) is 0.292. The zero-order chi connectivity index (χ0) is 25.7. The summed E-state index contributed by atoms with van der Waals surface area (Å²) in [5.74, 6) is -2.65. The molecule has 188 valence electrons. The first-order valence-electron chi connectivity index (χ1n) is 10.9. The first kappa shape index (κ1) is 25.5. The Morgan fingerprint density at radius 1 is 1.03 bits per heavy atom. The summed E-state index contributed by atoms with van der Waals surface area (Å²) in [4.78, 5) is 63.8. The van der Waals surface area contributed by atoms with Gasteiger partial charge in [0.1, 0.15) is 23.7 Å². The molecule has 2 aromatic rings. The average Bonchev–Trinajstić information content (AvgIpc) is 3.38. The van der Waals surface area contributed by atoms with E-state index < -0.39 is 42.0 Å². The minimum absolute atomic E-state index is 0.0792. The topological polar surface area (TPSA) is 128 Å². The molecule has 1 aromatic carbocycles. The number of nitrogens with one attached hydrogen (secondary N) is 1. The lowest BCUT2D eigenvalue weighted by molar-refractivity contribution is -0.157. The minimum atomic E-state index is -0.903. The normalized spacial score (nSPS) is 18.6. The van der Waals surface area contributed by atoms with Gasteiger partial charge in [-0.05, 0) is 23.6 Å². The van der Waals surface area contributed by atoms with E-state index >= 15 is 0 Å². The Bertz CT molecular complexity index is 1200. The van der Waals surface area contributed by atoms with Crippen LogP contribution in [0.3, 0.4) is 0 Å². The van der Waals surface area contributed by atoms with Crippen LogP contribution < -0.4 is 5.32 Å². The Kier molecular flexibility index (Phi) is 8.06. The smallest absolute Gasteiger partial charge is 0.358 e. The maximum Gasteiger partial charge on any atom is 0.358 e. The van der Waals surface area contributed by atoms with Gasteiger partial charge in [-0.3, -0.25) is 19.3 Å². The summed E-state index contributed by atoms with van der Waals surface area (Å²) >= 11 is 2.77. The van der Waals surface area contributed by atoms with Gasteiger partial charge >= 0.3 is 17.9 Å². The monoisotopic (exact) mass is 530 g/mol. The van der Waals surface area contributed by atoms with Crippen molar-refractivity contribution in [2.45, 2.75) is 24.8 Å². The molecular formula is C24H22N2O8S2. The number of esters is 3. The molecule has 36 heavy (non-hydrogen) atoms. The van der Waals surface area contributed by atoms with E-state index in [9.17, 15) is 24.0 Å². The number of benzene rings is 1. The summed E-state index contributed by atoms with van der Waals surface area (Å²) in [6, 6.07) is 11.0. The molecule has 1 N–H and O–H groups in total. The molecule has 0 aliphatic carbocycles. The molecule has 12 heteroatoms. The summed E-state index contributed by atoms with van der Waals surface area (Å²) < 4.78 is 15.2. The van der Waals surface area contributed by atoms with Gasteiger partial charge in [0, 0.05) is 23.1 Å². The van der Waals surface area contributed by atoms with Gasteiger partial charge in [0.15, 0.2) is 0 Å². The minimum Gasteiger partial charge on any atom is -0.461 e. The van der Waals surface area contributed by atoms with Crippen molar-refractivity contribution in [2.75, 3.05) is 19.2 Å². The van der Waals surface area contributed by atoms with Crippen molar-refractivity contribution >= 4 is 52.8 Å². The standard InChI is InChI=1S/C24H22N2O8S2/c1-14(27)32-11-16-12-36-22-19(25-18(28)10-17-8-5-9-35-17)21(29)26(22)20(16)24(31)34-13-33-23(30)15-6-3-2-4-7-15/h2-9,19,22H,10-13H2,1H3,(H,25,28)/t19-,22-/m1/s1. The maximum atomic E-state index is 13.0. The molecule has 2 atom stereocenters. The lowest BCUT2D eigenvalue weighted by Crippen LogP contribution is -2.70. The van der Waals surface area contributed by atoms with Gasteiger partial charge in [0.25, 0.3) is 5.91 Å². The van der Waals surface area contributed by atoms with Crippen LogP contribution in [-0.4, -0.2) is 65.2 Å². The number of carbonyl (C=O) groups excluding carboxylic acids is 5. The summed E-state index contributed by atoms with van der Waals surface area (Å²) in [5, 5.41) is 4.06. The van der Waals surface area contributed by atoms with E-state index in [1.807, 2.05) is 17.5 Å². The van der Waals surface area contributed by atoms with Crippen molar-refractivity contribution < 1.29 is 38.2 Å². The quantitative estimate of drug-likeness (QED) is 0.293. The Hall–Kier alpha value is -3.64. The lowest BCUT2D eigenvalue weighted by Gasteiger charge is -2.49. The highest BCUT2D eigenvalue weighted by atomic mass is 32.2. The van der Waals surface area contributed by atoms with Gasteiger partial charge in [0.05, 0.1) is 12.0 Å². The fourth-order valence-electron chi connectivity index (χ4n) is 3.63. The first-order chi connectivity index (χ1) is 17.3. The number of rotatable bonds is 9. The molecule has 0 unspecified atom stereocenters. The number of nitrogens with zero attached hydrogens (tertiary/aromatic N) is 1. The molecule has 2 aliphatic rings. The Morgan fingerprint density at radius 2 is 1.78 bits per heavy atom. The SMILES string of the molecule is CC(=O)OCC1=C(C(=O)OCOC(=O)c2ccccc2)N2C(=O)[C@@H](NC(=O)Cc3cccs3)[C@H]2SC1. The third kappa shape index (κ3) is 5.77. The molecule has 1 aromatic heterocycles. The predicted molar refractivity (Wildman–Crippen MR) is 130 cm³/mol. The van der Waals surface area contributed by atoms with Crippen LogP contribution in [0.15, 0.2) is 59.1 Å². The fourth-order valence-corrected chi connectivity index (χ4v) is 5.66. The number of amides is 2. The number of hydrogen-bond acceptors (Lipinski definition) is 10. The van der Waals surface area contributed by atoms with Crippen LogP contribution in [-0.2, 0) is 39.8 Å². The number of thiophene rings is 1. The molecular weight excluding hydrogens is 508 g/mol. The number of carbonyl (C=O) groups is 5. The second-order valence-electron chi connectivity index (χ2n) is 7.79. The molecule has 0 bridgehead atoms. The zero-order valence-electron chi connectivity index (χ0n) is 19.1. The highest BCUT2D eigenvalue weighted by molar-refractivity contribution is 8.00. The van der Waals surface area contributed by atoms with Crippen LogP contribution in [0.5, 0.6) is 0 Å². The van der Waals surface area contributed by atoms with Gasteiger partial charge in [-0.15, -0.1) is 23.1 Å². The maximum absolute atomic E-state index is 13.0. The van der Waals surface area contributed by atoms with Crippen LogP contribution in [0.1, 0.15) is 22.2 Å². The van der Waals surface area contributed by atoms with Crippen LogP contribution in [0, 0.1) is 0 Å². The van der Waals surface area contributed by atoms with Gasteiger partial charge in [-0.2, -0.15) is 0 Å². The second-order valence-corrected chi connectivity index (χ2v) is 9.93. The van der Waals surface area contributed by atoms with Crippen molar-refractivity contribution in [3.63, 3.8) is 0 Å². The van der Waals surface area contributed by atoms with Gasteiger partial charge in [0.2, 0.25) is 12.7 Å². The highest BCUT2D eigenvalue weighted by Gasteiger charge is 2.54. The van der Waals surface area contributed by atoms with Crippen LogP contribution in [0.2, 0.25) is 0 Å². The molecule has 0 radical (unpaired) electrons. The van der Waals surface area contributed by atoms with Crippen LogP contribution in [0.25, 0.3) is 0 Å². The van der Waals surface area contributed by atoms with E-state index in [1.54, 1.807) is 30.3 Å². The van der Waals surface area contributed by atoms with Gasteiger partial charge < -0.3 is 19.5 Å². The number of thioether (sulfide) groups is 1. The van der Waals surface area contributed by atoms with Crippen LogP contribution >= 0.6 is 23.1 Å². The summed E-state index contributed by atoms with van der Waals surface area (Å²) in [7, 11) is 0. The van der Waals surface area contributed by atoms with Gasteiger partial charge in [-0.25, -0.2) is 9.59 Å². The van der Waals surface area contributed by atoms with Crippen molar-refractivity contribution in [1.82, 2.24) is 10.2 Å². The molecule has 0 spiro atoms. The van der Waals surface area contributed by atoms with E-state index in [4.69, 9.17) is 14.2 Å². The van der Waals surface area contributed by atoms with E-state index in [1.165, 1.54) is 34.9 Å². The molecule has 1 fully saturated rings. The number of hydrogen-bond donors (Lipinski definition) is 1. The Balaban J connectivity index is 1.42. The predicted octanol–water partition coefficient (Wildman–Crippen LogP) is 1.87. The Morgan fingerprint density at radius 3 is 2.47 bits per heavy atom. The largest absolute Gasteiger partial charge is 0.461 e. The Labute approximate surface area is 214 Å². The molecule has 10 nitrogen and oxygen atoms in total. The summed E-state index contributed by atoms with van der Waals surface area (Å²) in [6.45, 7) is 0.356. The molecule has 3 heterocycles. The van der Waals surface area contributed by atoms with Crippen molar-refractivity contribution in [3.8, 4) is 0 Å². The van der Waals surface area contributed by atoms with Crippen molar-refractivity contribution in [1.29, 1.82) is 0 Å². The van der Waals surface area contributed by atoms with Crippen molar-refractivity contribution in [3.05, 3.63) is 69.6 Å². The van der Waals surface area contributed by atoms with Crippen molar-refractivity contribution in [2.24, 2.45) is 0 Å². The third-order valence-electron chi connectivity index (χ3n) is 5.31. The van der Waals surface area contributed by atoms with E-state index in [0.717, 1.165) is 4.88 Å². The van der Waals surface area contributed by atoms with E-state index in [2.05, 4.69) is 5.32 Å². The summed E-state index contributed by atoms with van der Waals surface area (Å²) in [5.41, 5.74) is 0.587. The third-order valence-corrected chi connectivity index (χ3v) is 7.53. The molecule has 1 saturated heterocycles. The molecule has 2 aliphatic heterocycles.